The SMILES string of the molecule is COCC1CCCN(C(=O)Cc2c(C)noc2C)C1. The van der Waals surface area contributed by atoms with E-state index < -0.39 is 0 Å². The highest BCUT2D eigenvalue weighted by atomic mass is 16.5. The number of amides is 1. The van der Waals surface area contributed by atoms with Gasteiger partial charge in [0.2, 0.25) is 5.91 Å². The Labute approximate surface area is 113 Å². The maximum Gasteiger partial charge on any atom is 0.227 e. The van der Waals surface area contributed by atoms with Crippen molar-refractivity contribution in [2.75, 3.05) is 26.8 Å². The smallest absolute Gasteiger partial charge is 0.227 e. The molecule has 0 radical (unpaired) electrons. The number of methoxy groups -OCH3 is 1. The van der Waals surface area contributed by atoms with Gasteiger partial charge in [0, 0.05) is 25.8 Å². The van der Waals surface area contributed by atoms with Crippen LogP contribution in [0.2, 0.25) is 0 Å². The van der Waals surface area contributed by atoms with Crippen molar-refractivity contribution < 1.29 is 14.1 Å². The highest BCUT2D eigenvalue weighted by Gasteiger charge is 2.25. The minimum atomic E-state index is 0.162. The maximum atomic E-state index is 12.3. The molecule has 5 heteroatoms. The van der Waals surface area contributed by atoms with Crippen LogP contribution in [-0.2, 0) is 16.0 Å². The van der Waals surface area contributed by atoms with Crippen LogP contribution in [0.3, 0.4) is 0 Å². The zero-order chi connectivity index (χ0) is 13.8. The summed E-state index contributed by atoms with van der Waals surface area (Å²) in [4.78, 5) is 14.3. The lowest BCUT2D eigenvalue weighted by molar-refractivity contribution is -0.132. The minimum absolute atomic E-state index is 0.162. The molecule has 1 amide bonds. The molecule has 0 spiro atoms. The van der Waals surface area contributed by atoms with Crippen LogP contribution in [0, 0.1) is 19.8 Å². The number of carbonyl (C=O) groups is 1. The first kappa shape index (κ1) is 14.1. The normalized spacial score (nSPS) is 19.7. The van der Waals surface area contributed by atoms with Gasteiger partial charge in [0.15, 0.2) is 0 Å². The number of aromatic nitrogens is 1. The largest absolute Gasteiger partial charge is 0.384 e. The predicted molar refractivity (Wildman–Crippen MR) is 70.9 cm³/mol. The lowest BCUT2D eigenvalue weighted by Gasteiger charge is -2.32. The van der Waals surface area contributed by atoms with E-state index in [1.54, 1.807) is 7.11 Å². The molecule has 1 aliphatic heterocycles. The molecule has 106 valence electrons. The topological polar surface area (TPSA) is 55.6 Å². The van der Waals surface area contributed by atoms with Gasteiger partial charge >= 0.3 is 0 Å². The number of carbonyl (C=O) groups excluding carboxylic acids is 1. The summed E-state index contributed by atoms with van der Waals surface area (Å²) in [5.74, 6) is 1.37. The van der Waals surface area contributed by atoms with E-state index in [4.69, 9.17) is 9.26 Å². The van der Waals surface area contributed by atoms with Gasteiger partial charge in [-0.15, -0.1) is 0 Å². The molecule has 1 fully saturated rings. The molecule has 1 saturated heterocycles. The first-order valence-corrected chi connectivity index (χ1v) is 6.80. The maximum absolute atomic E-state index is 12.3. The van der Waals surface area contributed by atoms with Crippen molar-refractivity contribution in [2.24, 2.45) is 5.92 Å². The zero-order valence-electron chi connectivity index (χ0n) is 11.9. The molecule has 0 N–H and O–H groups in total. The van der Waals surface area contributed by atoms with Crippen LogP contribution < -0.4 is 0 Å². The molecule has 0 aliphatic carbocycles. The van der Waals surface area contributed by atoms with Gasteiger partial charge in [-0.25, -0.2) is 0 Å². The van der Waals surface area contributed by atoms with E-state index in [0.29, 0.717) is 12.3 Å². The van der Waals surface area contributed by atoms with Crippen molar-refractivity contribution >= 4 is 5.91 Å². The zero-order valence-corrected chi connectivity index (χ0v) is 11.9. The molecule has 0 aromatic carbocycles. The molecule has 1 aromatic heterocycles. The molecule has 19 heavy (non-hydrogen) atoms. The van der Waals surface area contributed by atoms with Gasteiger partial charge in [-0.3, -0.25) is 4.79 Å². The summed E-state index contributed by atoms with van der Waals surface area (Å²) >= 11 is 0. The lowest BCUT2D eigenvalue weighted by atomic mass is 9.98. The number of ether oxygens (including phenoxy) is 1. The Morgan fingerprint density at radius 2 is 2.32 bits per heavy atom. The van der Waals surface area contributed by atoms with Gasteiger partial charge in [-0.2, -0.15) is 0 Å². The van der Waals surface area contributed by atoms with E-state index in [1.807, 2.05) is 18.7 Å². The Balaban J connectivity index is 1.96. The Kier molecular flexibility index (Phi) is 4.58. The van der Waals surface area contributed by atoms with Crippen molar-refractivity contribution in [3.63, 3.8) is 0 Å². The predicted octanol–water partition coefficient (Wildman–Crippen LogP) is 1.72. The molecule has 1 aromatic rings. The van der Waals surface area contributed by atoms with Gasteiger partial charge in [-0.1, -0.05) is 5.16 Å². The summed E-state index contributed by atoms with van der Waals surface area (Å²) in [5, 5.41) is 3.89. The van der Waals surface area contributed by atoms with Crippen LogP contribution in [0.25, 0.3) is 0 Å². The first-order chi connectivity index (χ1) is 9.11. The van der Waals surface area contributed by atoms with Crippen molar-refractivity contribution in [3.05, 3.63) is 17.0 Å². The van der Waals surface area contributed by atoms with Gasteiger partial charge in [0.05, 0.1) is 18.7 Å². The summed E-state index contributed by atoms with van der Waals surface area (Å²) in [7, 11) is 1.71. The van der Waals surface area contributed by atoms with E-state index in [2.05, 4.69) is 5.16 Å². The van der Waals surface area contributed by atoms with Crippen LogP contribution in [0.4, 0.5) is 0 Å². The van der Waals surface area contributed by atoms with Gasteiger partial charge in [0.25, 0.3) is 0 Å². The van der Waals surface area contributed by atoms with Crippen molar-refractivity contribution in [1.82, 2.24) is 10.1 Å². The second kappa shape index (κ2) is 6.19. The summed E-state index contributed by atoms with van der Waals surface area (Å²) in [6, 6.07) is 0. The summed E-state index contributed by atoms with van der Waals surface area (Å²) in [6.07, 6.45) is 2.59. The number of piperidine rings is 1. The van der Waals surface area contributed by atoms with Crippen LogP contribution in [0.1, 0.15) is 29.9 Å². The molecule has 1 atom stereocenters. The monoisotopic (exact) mass is 266 g/mol. The molecule has 0 saturated carbocycles. The van der Waals surface area contributed by atoms with Crippen molar-refractivity contribution in [1.29, 1.82) is 0 Å². The third kappa shape index (κ3) is 3.35. The van der Waals surface area contributed by atoms with Gasteiger partial charge < -0.3 is 14.2 Å². The molecule has 1 aliphatic rings. The molecule has 2 rings (SSSR count). The lowest BCUT2D eigenvalue weighted by Crippen LogP contribution is -2.42. The van der Waals surface area contributed by atoms with Gasteiger partial charge in [-0.05, 0) is 32.6 Å². The highest BCUT2D eigenvalue weighted by molar-refractivity contribution is 5.79. The van der Waals surface area contributed by atoms with Crippen LogP contribution in [0.5, 0.6) is 0 Å². The minimum Gasteiger partial charge on any atom is -0.384 e. The number of rotatable bonds is 4. The fourth-order valence-corrected chi connectivity index (χ4v) is 2.68. The number of hydrogen-bond donors (Lipinski definition) is 0. The molecule has 2 heterocycles. The van der Waals surface area contributed by atoms with Crippen LogP contribution >= 0.6 is 0 Å². The van der Waals surface area contributed by atoms with E-state index in [-0.39, 0.29) is 5.91 Å². The highest BCUT2D eigenvalue weighted by Crippen LogP contribution is 2.19. The first-order valence-electron chi connectivity index (χ1n) is 6.80. The van der Waals surface area contributed by atoms with E-state index >= 15 is 0 Å². The summed E-state index contributed by atoms with van der Waals surface area (Å²) in [6.45, 7) is 6.11. The molecular formula is C14H22N2O3. The Morgan fingerprint density at radius 1 is 1.53 bits per heavy atom. The number of nitrogens with zero attached hydrogens (tertiary/aromatic N) is 2. The summed E-state index contributed by atoms with van der Waals surface area (Å²) in [5.41, 5.74) is 1.75. The van der Waals surface area contributed by atoms with Crippen LogP contribution in [0.15, 0.2) is 4.52 Å². The summed E-state index contributed by atoms with van der Waals surface area (Å²) < 4.78 is 10.3. The van der Waals surface area contributed by atoms with Gasteiger partial charge in [0.1, 0.15) is 5.76 Å². The molecular weight excluding hydrogens is 244 g/mol. The van der Waals surface area contributed by atoms with Crippen molar-refractivity contribution in [3.8, 4) is 0 Å². The fraction of sp³-hybridized carbons (Fsp3) is 0.714. The Bertz CT molecular complexity index is 420. The fourth-order valence-electron chi connectivity index (χ4n) is 2.68. The number of likely N-dealkylation sites (tertiary alicyclic amines) is 1. The third-order valence-corrected chi connectivity index (χ3v) is 3.78. The standard InChI is InChI=1S/C14H22N2O3/c1-10-13(11(2)19-15-10)7-14(17)16-6-4-5-12(8-16)9-18-3/h12H,4-9H2,1-3H3. The number of hydrogen-bond acceptors (Lipinski definition) is 4. The molecule has 0 bridgehead atoms. The molecule has 1 unspecified atom stereocenters. The van der Waals surface area contributed by atoms with E-state index in [9.17, 15) is 4.79 Å². The van der Waals surface area contributed by atoms with Crippen LogP contribution in [-0.4, -0.2) is 42.8 Å². The molecule has 5 nitrogen and oxygen atoms in total. The third-order valence-electron chi connectivity index (χ3n) is 3.78. The van der Waals surface area contributed by atoms with E-state index in [1.165, 1.54) is 0 Å². The van der Waals surface area contributed by atoms with E-state index in [0.717, 1.165) is 49.6 Å². The number of aryl methyl sites for hydroxylation is 2. The Hall–Kier alpha value is -1.36. The average Bonchev–Trinajstić information content (AvgIpc) is 2.71. The second-order valence-corrected chi connectivity index (χ2v) is 5.28. The Morgan fingerprint density at radius 3 is 2.95 bits per heavy atom. The second-order valence-electron chi connectivity index (χ2n) is 5.28. The van der Waals surface area contributed by atoms with Crippen molar-refractivity contribution in [2.45, 2.75) is 33.1 Å². The average molecular weight is 266 g/mol. The quantitative estimate of drug-likeness (QED) is 0.832.